The second-order valence-corrected chi connectivity index (χ2v) is 8.18. The summed E-state index contributed by atoms with van der Waals surface area (Å²) < 4.78 is 18.7. The van der Waals surface area contributed by atoms with Crippen LogP contribution in [0.1, 0.15) is 30.1 Å². The first-order valence-electron chi connectivity index (χ1n) is 10.1. The third-order valence-electron chi connectivity index (χ3n) is 5.98. The van der Waals surface area contributed by atoms with Crippen LogP contribution in [0.4, 0.5) is 4.39 Å². The molecule has 7 nitrogen and oxygen atoms in total. The van der Waals surface area contributed by atoms with Gasteiger partial charge in [-0.25, -0.2) is 18.9 Å². The van der Waals surface area contributed by atoms with Crippen molar-refractivity contribution in [3.8, 4) is 11.3 Å². The van der Waals surface area contributed by atoms with Crippen LogP contribution in [0.25, 0.3) is 27.8 Å². The predicted octanol–water partition coefficient (Wildman–Crippen LogP) is 3.13. The van der Waals surface area contributed by atoms with Gasteiger partial charge in [-0.3, -0.25) is 9.36 Å². The van der Waals surface area contributed by atoms with E-state index in [1.54, 1.807) is 21.2 Å². The zero-order valence-corrected chi connectivity index (χ0v) is 17.3. The number of aryl methyl sites for hydroxylation is 2. The summed E-state index contributed by atoms with van der Waals surface area (Å²) >= 11 is 0. The molecule has 0 aliphatic carbocycles. The van der Waals surface area contributed by atoms with E-state index in [0.29, 0.717) is 16.6 Å². The maximum Gasteiger partial charge on any atom is 0.261 e. The molecule has 1 fully saturated rings. The van der Waals surface area contributed by atoms with E-state index < -0.39 is 5.82 Å². The Balaban J connectivity index is 1.61. The van der Waals surface area contributed by atoms with Crippen molar-refractivity contribution in [1.29, 1.82) is 0 Å². The van der Waals surface area contributed by atoms with Crippen LogP contribution in [-0.4, -0.2) is 49.2 Å². The van der Waals surface area contributed by atoms with Gasteiger partial charge in [0, 0.05) is 11.6 Å². The maximum atomic E-state index is 15.4. The number of fused-ring (bicyclic) bond motifs is 2. The monoisotopic (exact) mass is 406 g/mol. The minimum atomic E-state index is -0.525. The first-order chi connectivity index (χ1) is 14.4. The van der Waals surface area contributed by atoms with Gasteiger partial charge in [-0.05, 0) is 70.6 Å². The number of aromatic nitrogens is 5. The van der Waals surface area contributed by atoms with Crippen molar-refractivity contribution in [2.75, 3.05) is 20.1 Å². The summed E-state index contributed by atoms with van der Waals surface area (Å²) in [6.45, 7) is 5.68. The van der Waals surface area contributed by atoms with E-state index in [1.807, 2.05) is 26.1 Å². The molecule has 8 heteroatoms. The molecule has 1 saturated heterocycles. The zero-order valence-electron chi connectivity index (χ0n) is 17.3. The molecule has 5 rings (SSSR count). The highest BCUT2D eigenvalue weighted by Crippen LogP contribution is 2.28. The first kappa shape index (κ1) is 18.9. The fourth-order valence-corrected chi connectivity index (χ4v) is 4.28. The second-order valence-electron chi connectivity index (χ2n) is 8.18. The Morgan fingerprint density at radius 2 is 1.93 bits per heavy atom. The average Bonchev–Trinajstić information content (AvgIpc) is 3.11. The van der Waals surface area contributed by atoms with E-state index in [2.05, 4.69) is 27.0 Å². The van der Waals surface area contributed by atoms with Crippen LogP contribution in [0.3, 0.4) is 0 Å². The highest BCUT2D eigenvalue weighted by Gasteiger charge is 2.22. The molecule has 0 bridgehead atoms. The Labute approximate surface area is 172 Å². The minimum absolute atomic E-state index is 0.0861. The van der Waals surface area contributed by atoms with Crippen molar-refractivity contribution in [3.05, 3.63) is 58.2 Å². The lowest BCUT2D eigenvalue weighted by Gasteiger charge is -2.30. The van der Waals surface area contributed by atoms with Crippen LogP contribution >= 0.6 is 0 Å². The van der Waals surface area contributed by atoms with Crippen molar-refractivity contribution < 1.29 is 4.39 Å². The Hall–Kier alpha value is -3.13. The van der Waals surface area contributed by atoms with Crippen molar-refractivity contribution in [2.45, 2.75) is 32.7 Å². The molecule has 1 aromatic carbocycles. The van der Waals surface area contributed by atoms with Gasteiger partial charge in [-0.15, -0.1) is 0 Å². The molecule has 0 radical (unpaired) electrons. The van der Waals surface area contributed by atoms with E-state index in [-0.39, 0.29) is 17.1 Å². The lowest BCUT2D eigenvalue weighted by atomic mass is 10.0. The van der Waals surface area contributed by atoms with Crippen molar-refractivity contribution in [3.63, 3.8) is 0 Å². The molecule has 1 aliphatic heterocycles. The van der Waals surface area contributed by atoms with Gasteiger partial charge in [0.05, 0.1) is 29.3 Å². The lowest BCUT2D eigenvalue weighted by Crippen LogP contribution is -2.35. The zero-order chi connectivity index (χ0) is 21.0. The van der Waals surface area contributed by atoms with Gasteiger partial charge in [-0.2, -0.15) is 5.10 Å². The molecular formula is C22H23FN6O. The summed E-state index contributed by atoms with van der Waals surface area (Å²) in [6.07, 6.45) is 5.08. The molecule has 0 N–H and O–H groups in total. The number of hydrogen-bond donors (Lipinski definition) is 0. The van der Waals surface area contributed by atoms with E-state index in [1.165, 1.54) is 6.33 Å². The molecule has 0 atom stereocenters. The Bertz CT molecular complexity index is 1330. The smallest absolute Gasteiger partial charge is 0.261 e. The molecule has 4 aromatic rings. The fraction of sp³-hybridized carbons (Fsp3) is 0.364. The van der Waals surface area contributed by atoms with Crippen LogP contribution in [0.15, 0.2) is 35.5 Å². The normalized spacial score (nSPS) is 16.0. The summed E-state index contributed by atoms with van der Waals surface area (Å²) in [4.78, 5) is 24.1. The van der Waals surface area contributed by atoms with E-state index in [0.717, 1.165) is 42.8 Å². The van der Waals surface area contributed by atoms with Crippen LogP contribution in [0.5, 0.6) is 0 Å². The standard InChI is InChI=1S/C22H23FN6O/c1-13-10-18(26-29-11-14(2)25-21(13)29)16-4-5-17-20(19(16)23)24-12-28(22(17)30)15-6-8-27(3)9-7-15/h4-5,10-12,15H,6-9H2,1-3H3. The molecule has 0 saturated carbocycles. The molecular weight excluding hydrogens is 383 g/mol. The van der Waals surface area contributed by atoms with Gasteiger partial charge in [0.25, 0.3) is 5.56 Å². The molecule has 1 aliphatic rings. The topological polar surface area (TPSA) is 68.3 Å². The fourth-order valence-electron chi connectivity index (χ4n) is 4.28. The molecule has 30 heavy (non-hydrogen) atoms. The number of piperidine rings is 1. The molecule has 0 amide bonds. The molecule has 0 spiro atoms. The van der Waals surface area contributed by atoms with Gasteiger partial charge in [0.15, 0.2) is 11.5 Å². The number of imidazole rings is 1. The molecule has 3 aromatic heterocycles. The van der Waals surface area contributed by atoms with Crippen molar-refractivity contribution >= 4 is 16.6 Å². The summed E-state index contributed by atoms with van der Waals surface area (Å²) in [6, 6.07) is 5.20. The summed E-state index contributed by atoms with van der Waals surface area (Å²) in [5.41, 5.74) is 3.20. The Morgan fingerprint density at radius 3 is 2.70 bits per heavy atom. The number of nitrogens with zero attached hydrogens (tertiary/aromatic N) is 6. The molecule has 0 unspecified atom stereocenters. The summed E-state index contributed by atoms with van der Waals surface area (Å²) in [5.74, 6) is -0.525. The van der Waals surface area contributed by atoms with Crippen LogP contribution in [0, 0.1) is 19.7 Å². The van der Waals surface area contributed by atoms with Crippen LogP contribution < -0.4 is 5.56 Å². The van der Waals surface area contributed by atoms with Gasteiger partial charge < -0.3 is 4.90 Å². The lowest BCUT2D eigenvalue weighted by molar-refractivity contribution is 0.218. The quantitative estimate of drug-likeness (QED) is 0.512. The van der Waals surface area contributed by atoms with Gasteiger partial charge >= 0.3 is 0 Å². The highest BCUT2D eigenvalue weighted by molar-refractivity contribution is 5.84. The number of hydrogen-bond acceptors (Lipinski definition) is 5. The van der Waals surface area contributed by atoms with Crippen LogP contribution in [-0.2, 0) is 0 Å². The average molecular weight is 406 g/mol. The number of benzene rings is 1. The number of halogens is 1. The predicted molar refractivity (Wildman–Crippen MR) is 113 cm³/mol. The minimum Gasteiger partial charge on any atom is -0.306 e. The number of rotatable bonds is 2. The molecule has 154 valence electrons. The van der Waals surface area contributed by atoms with E-state index >= 15 is 4.39 Å². The van der Waals surface area contributed by atoms with E-state index in [4.69, 9.17) is 0 Å². The largest absolute Gasteiger partial charge is 0.306 e. The van der Waals surface area contributed by atoms with Crippen molar-refractivity contribution in [2.24, 2.45) is 0 Å². The maximum absolute atomic E-state index is 15.4. The summed E-state index contributed by atoms with van der Waals surface area (Å²) in [7, 11) is 2.08. The SMILES string of the molecule is Cc1cn2nc(-c3ccc4c(=O)n(C5CCN(C)CC5)cnc4c3F)cc(C)c2n1. The van der Waals surface area contributed by atoms with Crippen molar-refractivity contribution in [1.82, 2.24) is 29.0 Å². The third-order valence-corrected chi connectivity index (χ3v) is 5.98. The highest BCUT2D eigenvalue weighted by atomic mass is 19.1. The van der Waals surface area contributed by atoms with Gasteiger partial charge in [0.1, 0.15) is 5.52 Å². The second kappa shape index (κ2) is 6.98. The van der Waals surface area contributed by atoms with Gasteiger partial charge in [-0.1, -0.05) is 0 Å². The van der Waals surface area contributed by atoms with E-state index in [9.17, 15) is 4.79 Å². The van der Waals surface area contributed by atoms with Gasteiger partial charge in [0.2, 0.25) is 0 Å². The van der Waals surface area contributed by atoms with Crippen LogP contribution in [0.2, 0.25) is 0 Å². The Kier molecular flexibility index (Phi) is 4.39. The third kappa shape index (κ3) is 2.99. The number of likely N-dealkylation sites (tertiary alicyclic amines) is 1. The first-order valence-corrected chi connectivity index (χ1v) is 10.1. The Morgan fingerprint density at radius 1 is 1.17 bits per heavy atom. The summed E-state index contributed by atoms with van der Waals surface area (Å²) in [5, 5.41) is 4.81. The molecule has 4 heterocycles.